The van der Waals surface area contributed by atoms with Gasteiger partial charge in [0.05, 0.1) is 5.39 Å². The largest absolute Gasteiger partial charge is 0.299 e. The van der Waals surface area contributed by atoms with Crippen molar-refractivity contribution < 1.29 is 4.79 Å². The number of nitrogens with zero attached hydrogens (tertiary/aromatic N) is 4. The lowest BCUT2D eigenvalue weighted by Crippen LogP contribution is -2.30. The van der Waals surface area contributed by atoms with Crippen LogP contribution in [0.25, 0.3) is 10.2 Å². The van der Waals surface area contributed by atoms with E-state index in [0.29, 0.717) is 16.3 Å². The van der Waals surface area contributed by atoms with Gasteiger partial charge in [0, 0.05) is 10.8 Å². The van der Waals surface area contributed by atoms with Crippen LogP contribution in [0.5, 0.6) is 0 Å². The Hall–Kier alpha value is -2.13. The zero-order valence-corrected chi connectivity index (χ0v) is 16.3. The van der Waals surface area contributed by atoms with E-state index >= 15 is 0 Å². The topological polar surface area (TPSA) is 89.8 Å². The Morgan fingerprint density at radius 3 is 2.56 bits per heavy atom. The number of amides is 1. The summed E-state index contributed by atoms with van der Waals surface area (Å²) in [4.78, 5) is 31.4. The van der Waals surface area contributed by atoms with Crippen molar-refractivity contribution >= 4 is 43.9 Å². The summed E-state index contributed by atoms with van der Waals surface area (Å²) >= 11 is 2.84. The van der Waals surface area contributed by atoms with Crippen LogP contribution in [0.4, 0.5) is 5.13 Å². The molecule has 132 valence electrons. The molecule has 0 aliphatic rings. The lowest BCUT2D eigenvalue weighted by atomic mass is 10.2. The van der Waals surface area contributed by atoms with Gasteiger partial charge in [0.15, 0.2) is 0 Å². The molecule has 1 N–H and O–H groups in total. The molecule has 0 saturated heterocycles. The van der Waals surface area contributed by atoms with Gasteiger partial charge < -0.3 is 0 Å². The summed E-state index contributed by atoms with van der Waals surface area (Å²) in [5.41, 5.74) is 0.747. The summed E-state index contributed by atoms with van der Waals surface area (Å²) < 4.78 is 1.40. The molecule has 25 heavy (non-hydrogen) atoms. The van der Waals surface area contributed by atoms with Gasteiger partial charge in [-0.2, -0.15) is 0 Å². The molecular weight excluding hydrogens is 358 g/mol. The van der Waals surface area contributed by atoms with E-state index in [0.717, 1.165) is 20.3 Å². The molecule has 0 bridgehead atoms. The maximum absolute atomic E-state index is 12.8. The number of thiophene rings is 1. The van der Waals surface area contributed by atoms with E-state index in [9.17, 15) is 9.59 Å². The van der Waals surface area contributed by atoms with Gasteiger partial charge in [0.1, 0.15) is 22.2 Å². The fourth-order valence-electron chi connectivity index (χ4n) is 2.44. The van der Waals surface area contributed by atoms with Crippen LogP contribution in [-0.2, 0) is 11.3 Å². The molecule has 0 aliphatic heterocycles. The highest BCUT2D eigenvalue weighted by molar-refractivity contribution is 7.18. The molecule has 1 amide bonds. The first kappa shape index (κ1) is 17.7. The number of aromatic nitrogens is 4. The van der Waals surface area contributed by atoms with Gasteiger partial charge in [-0.25, -0.2) is 4.98 Å². The number of fused-ring (bicyclic) bond motifs is 1. The van der Waals surface area contributed by atoms with E-state index in [2.05, 4.69) is 20.5 Å². The highest BCUT2D eigenvalue weighted by atomic mass is 32.1. The van der Waals surface area contributed by atoms with E-state index in [1.807, 2.05) is 27.7 Å². The molecule has 0 aromatic carbocycles. The van der Waals surface area contributed by atoms with Crippen molar-refractivity contribution in [3.8, 4) is 0 Å². The number of hydrogen-bond acceptors (Lipinski definition) is 7. The maximum Gasteiger partial charge on any atom is 0.263 e. The lowest BCUT2D eigenvalue weighted by molar-refractivity contribution is -0.116. The van der Waals surface area contributed by atoms with Crippen LogP contribution >= 0.6 is 22.7 Å². The van der Waals surface area contributed by atoms with E-state index < -0.39 is 0 Å². The van der Waals surface area contributed by atoms with E-state index in [-0.39, 0.29) is 23.9 Å². The molecule has 0 unspecified atom stereocenters. The molecule has 0 aliphatic carbocycles. The molecule has 0 saturated carbocycles. The Balaban J connectivity index is 1.88. The predicted octanol–water partition coefficient (Wildman–Crippen LogP) is 3.00. The van der Waals surface area contributed by atoms with Gasteiger partial charge in [0.2, 0.25) is 11.0 Å². The molecule has 3 rings (SSSR count). The number of aryl methyl sites for hydroxylation is 3. The van der Waals surface area contributed by atoms with Crippen LogP contribution in [0.2, 0.25) is 0 Å². The molecule has 0 fully saturated rings. The average Bonchev–Trinajstić information content (AvgIpc) is 3.09. The van der Waals surface area contributed by atoms with Crippen molar-refractivity contribution in [2.45, 2.75) is 47.1 Å². The Kier molecular flexibility index (Phi) is 4.70. The minimum Gasteiger partial charge on any atom is -0.299 e. The second kappa shape index (κ2) is 6.64. The quantitative estimate of drug-likeness (QED) is 0.755. The number of anilines is 1. The fourth-order valence-corrected chi connectivity index (χ4v) is 4.26. The van der Waals surface area contributed by atoms with E-state index in [1.54, 1.807) is 6.92 Å². The summed E-state index contributed by atoms with van der Waals surface area (Å²) in [6.45, 7) is 9.54. The number of rotatable bonds is 4. The minimum absolute atomic E-state index is 0.0987. The number of nitrogens with one attached hydrogen (secondary N) is 1. The number of hydrogen-bond donors (Lipinski definition) is 1. The molecular formula is C16H19N5O2S2. The third kappa shape index (κ3) is 3.34. The zero-order valence-electron chi connectivity index (χ0n) is 14.7. The maximum atomic E-state index is 12.8. The van der Waals surface area contributed by atoms with Crippen molar-refractivity contribution in [2.24, 2.45) is 0 Å². The Bertz CT molecular complexity index is 1020. The van der Waals surface area contributed by atoms with Crippen molar-refractivity contribution in [2.75, 3.05) is 5.32 Å². The summed E-state index contributed by atoms with van der Waals surface area (Å²) in [6, 6.07) is 0. The number of carbonyl (C=O) groups is 1. The van der Waals surface area contributed by atoms with Crippen LogP contribution in [-0.4, -0.2) is 25.7 Å². The van der Waals surface area contributed by atoms with Crippen molar-refractivity contribution in [3.05, 3.63) is 31.6 Å². The third-order valence-corrected chi connectivity index (χ3v) is 6.20. The molecule has 9 heteroatoms. The van der Waals surface area contributed by atoms with Crippen molar-refractivity contribution in [1.82, 2.24) is 19.7 Å². The van der Waals surface area contributed by atoms with Gasteiger partial charge in [0.25, 0.3) is 5.56 Å². The predicted molar refractivity (Wildman–Crippen MR) is 101 cm³/mol. The smallest absolute Gasteiger partial charge is 0.263 e. The van der Waals surface area contributed by atoms with Crippen LogP contribution in [0.1, 0.15) is 41.0 Å². The van der Waals surface area contributed by atoms with Crippen LogP contribution < -0.4 is 10.9 Å². The Morgan fingerprint density at radius 2 is 1.92 bits per heavy atom. The molecule has 0 spiro atoms. The molecule has 7 nitrogen and oxygen atoms in total. The highest BCUT2D eigenvalue weighted by Crippen LogP contribution is 2.26. The first-order valence-corrected chi connectivity index (χ1v) is 9.51. The fraction of sp³-hybridized carbons (Fsp3) is 0.438. The molecule has 3 aromatic rings. The second-order valence-electron chi connectivity index (χ2n) is 6.16. The average molecular weight is 377 g/mol. The third-order valence-electron chi connectivity index (χ3n) is 3.96. The Labute approximate surface area is 152 Å². The molecule has 3 heterocycles. The van der Waals surface area contributed by atoms with Gasteiger partial charge in [-0.05, 0) is 26.3 Å². The Morgan fingerprint density at radius 1 is 1.20 bits per heavy atom. The van der Waals surface area contributed by atoms with Gasteiger partial charge in [-0.3, -0.25) is 19.5 Å². The van der Waals surface area contributed by atoms with Crippen molar-refractivity contribution in [1.29, 1.82) is 0 Å². The van der Waals surface area contributed by atoms with Gasteiger partial charge in [-0.15, -0.1) is 21.5 Å². The molecule has 3 aromatic heterocycles. The lowest BCUT2D eigenvalue weighted by Gasteiger charge is -2.09. The van der Waals surface area contributed by atoms with Crippen LogP contribution in [0, 0.1) is 20.8 Å². The van der Waals surface area contributed by atoms with Crippen molar-refractivity contribution in [3.63, 3.8) is 0 Å². The first-order chi connectivity index (χ1) is 11.8. The molecule has 0 radical (unpaired) electrons. The van der Waals surface area contributed by atoms with Crippen LogP contribution in [0.15, 0.2) is 4.79 Å². The van der Waals surface area contributed by atoms with Gasteiger partial charge >= 0.3 is 0 Å². The number of carbonyl (C=O) groups excluding carboxylic acids is 1. The monoisotopic (exact) mass is 377 g/mol. The summed E-state index contributed by atoms with van der Waals surface area (Å²) in [5, 5.41) is 12.6. The van der Waals surface area contributed by atoms with Crippen LogP contribution in [0.3, 0.4) is 0 Å². The second-order valence-corrected chi connectivity index (χ2v) is 8.37. The SMILES string of the molecule is Cc1sc2nc(C)n(CC(=O)Nc3nnc(C(C)C)s3)c(=O)c2c1C. The minimum atomic E-state index is -0.317. The summed E-state index contributed by atoms with van der Waals surface area (Å²) in [7, 11) is 0. The van der Waals surface area contributed by atoms with Gasteiger partial charge in [-0.1, -0.05) is 25.2 Å². The summed E-state index contributed by atoms with van der Waals surface area (Å²) in [5.74, 6) is 0.459. The highest BCUT2D eigenvalue weighted by Gasteiger charge is 2.17. The normalized spacial score (nSPS) is 11.4. The standard InChI is InChI=1S/C16H19N5O2S2/c1-7(2)13-19-20-16(25-13)18-11(22)6-21-10(5)17-14-12(15(21)23)8(3)9(4)24-14/h7H,6H2,1-5H3,(H,18,20,22). The van der Waals surface area contributed by atoms with E-state index in [1.165, 1.54) is 27.2 Å². The van der Waals surface area contributed by atoms with E-state index in [4.69, 9.17) is 0 Å². The molecule has 0 atom stereocenters. The first-order valence-electron chi connectivity index (χ1n) is 7.88. The summed E-state index contributed by atoms with van der Waals surface area (Å²) in [6.07, 6.45) is 0. The zero-order chi connectivity index (χ0) is 18.3.